The Kier molecular flexibility index (Phi) is 8.15. The SMILES string of the molecule is COc1cc([N+](=O)[O-])cc([C@@H](N)[C@@H](O)CCC(C)C)c1O.Cl. The molecule has 0 aliphatic carbocycles. The van der Waals surface area contributed by atoms with Crippen LogP contribution in [-0.4, -0.2) is 28.4 Å². The summed E-state index contributed by atoms with van der Waals surface area (Å²) in [6.45, 7) is 4.04. The van der Waals surface area contributed by atoms with E-state index >= 15 is 0 Å². The predicted molar refractivity (Wildman–Crippen MR) is 85.6 cm³/mol. The van der Waals surface area contributed by atoms with Crippen LogP contribution in [0.4, 0.5) is 5.69 Å². The highest BCUT2D eigenvalue weighted by atomic mass is 35.5. The molecule has 1 rings (SSSR count). The number of hydrogen-bond donors (Lipinski definition) is 3. The van der Waals surface area contributed by atoms with Crippen LogP contribution in [0, 0.1) is 16.0 Å². The van der Waals surface area contributed by atoms with Gasteiger partial charge in [0.25, 0.3) is 5.69 Å². The number of methoxy groups -OCH3 is 1. The number of halogens is 1. The highest BCUT2D eigenvalue weighted by molar-refractivity contribution is 5.85. The van der Waals surface area contributed by atoms with Gasteiger partial charge in [0.05, 0.1) is 30.2 Å². The van der Waals surface area contributed by atoms with E-state index in [0.29, 0.717) is 12.3 Å². The average Bonchev–Trinajstić information content (AvgIpc) is 2.43. The van der Waals surface area contributed by atoms with E-state index in [1.165, 1.54) is 13.2 Å². The van der Waals surface area contributed by atoms with Crippen LogP contribution >= 0.6 is 12.4 Å². The normalized spacial score (nSPS) is 13.4. The summed E-state index contributed by atoms with van der Waals surface area (Å²) in [4.78, 5) is 10.3. The van der Waals surface area contributed by atoms with Crippen LogP contribution in [0.1, 0.15) is 38.3 Å². The second kappa shape index (κ2) is 8.77. The van der Waals surface area contributed by atoms with Gasteiger partial charge in [-0.15, -0.1) is 12.4 Å². The molecule has 0 aliphatic heterocycles. The van der Waals surface area contributed by atoms with Gasteiger partial charge in [0, 0.05) is 11.6 Å². The number of non-ortho nitro benzene ring substituents is 1. The van der Waals surface area contributed by atoms with Crippen LogP contribution in [0.5, 0.6) is 11.5 Å². The number of nitrogens with zero attached hydrogens (tertiary/aromatic N) is 1. The second-order valence-electron chi connectivity index (χ2n) is 5.41. The van der Waals surface area contributed by atoms with E-state index in [9.17, 15) is 20.3 Å². The third-order valence-corrected chi connectivity index (χ3v) is 3.33. The van der Waals surface area contributed by atoms with Crippen molar-refractivity contribution < 1.29 is 19.9 Å². The van der Waals surface area contributed by atoms with E-state index in [2.05, 4.69) is 0 Å². The smallest absolute Gasteiger partial charge is 0.273 e. The quantitative estimate of drug-likeness (QED) is 0.520. The minimum Gasteiger partial charge on any atom is -0.504 e. The van der Waals surface area contributed by atoms with Crippen molar-refractivity contribution in [1.82, 2.24) is 0 Å². The van der Waals surface area contributed by atoms with Crippen LogP contribution < -0.4 is 10.5 Å². The lowest BCUT2D eigenvalue weighted by molar-refractivity contribution is -0.385. The van der Waals surface area contributed by atoms with E-state index in [0.717, 1.165) is 12.5 Å². The molecule has 0 saturated carbocycles. The van der Waals surface area contributed by atoms with Crippen LogP contribution in [0.25, 0.3) is 0 Å². The zero-order valence-electron chi connectivity index (χ0n) is 12.9. The Labute approximate surface area is 135 Å². The van der Waals surface area contributed by atoms with Crippen LogP contribution in [0.15, 0.2) is 12.1 Å². The van der Waals surface area contributed by atoms with Crippen molar-refractivity contribution in [2.75, 3.05) is 7.11 Å². The van der Waals surface area contributed by atoms with E-state index in [4.69, 9.17) is 10.5 Å². The first-order chi connectivity index (χ1) is 9.77. The number of phenolic OH excluding ortho intramolecular Hbond substituents is 1. The Morgan fingerprint density at radius 2 is 1.95 bits per heavy atom. The number of phenols is 1. The molecule has 0 fully saturated rings. The maximum absolute atomic E-state index is 10.9. The number of nitro benzene ring substituents is 1. The van der Waals surface area contributed by atoms with Gasteiger partial charge in [0.2, 0.25) is 0 Å². The minimum absolute atomic E-state index is 0. The molecule has 0 aromatic heterocycles. The first-order valence-corrected chi connectivity index (χ1v) is 6.76. The molecule has 22 heavy (non-hydrogen) atoms. The molecule has 2 atom stereocenters. The summed E-state index contributed by atoms with van der Waals surface area (Å²) in [5.74, 6) is 0.0880. The summed E-state index contributed by atoms with van der Waals surface area (Å²) in [6.07, 6.45) is 0.315. The number of aliphatic hydroxyl groups excluding tert-OH is 1. The largest absolute Gasteiger partial charge is 0.504 e. The van der Waals surface area contributed by atoms with Gasteiger partial charge in [-0.2, -0.15) is 0 Å². The molecule has 8 heteroatoms. The van der Waals surface area contributed by atoms with Gasteiger partial charge in [-0.05, 0) is 18.8 Å². The number of hydrogen-bond acceptors (Lipinski definition) is 6. The number of aromatic hydroxyl groups is 1. The van der Waals surface area contributed by atoms with Gasteiger partial charge < -0.3 is 20.7 Å². The number of nitro groups is 1. The maximum atomic E-state index is 10.9. The Hall–Kier alpha value is -1.57. The number of aliphatic hydroxyl groups is 1. The monoisotopic (exact) mass is 334 g/mol. The van der Waals surface area contributed by atoms with Crippen LogP contribution in [0.3, 0.4) is 0 Å². The fourth-order valence-electron chi connectivity index (χ4n) is 2.02. The van der Waals surface area contributed by atoms with Gasteiger partial charge in [-0.1, -0.05) is 13.8 Å². The van der Waals surface area contributed by atoms with Crippen molar-refractivity contribution in [2.45, 2.75) is 38.8 Å². The molecule has 0 heterocycles. The van der Waals surface area contributed by atoms with Crippen molar-refractivity contribution in [3.8, 4) is 11.5 Å². The van der Waals surface area contributed by atoms with Crippen LogP contribution in [-0.2, 0) is 0 Å². The summed E-state index contributed by atoms with van der Waals surface area (Å²) in [5.41, 5.74) is 5.79. The van der Waals surface area contributed by atoms with Crippen molar-refractivity contribution in [3.63, 3.8) is 0 Å². The van der Waals surface area contributed by atoms with Gasteiger partial charge in [0.1, 0.15) is 0 Å². The van der Waals surface area contributed by atoms with Gasteiger partial charge in [-0.3, -0.25) is 10.1 Å². The fraction of sp³-hybridized carbons (Fsp3) is 0.571. The summed E-state index contributed by atoms with van der Waals surface area (Å²) in [5, 5.41) is 31.0. The Balaban J connectivity index is 0.00000441. The van der Waals surface area contributed by atoms with E-state index in [-0.39, 0.29) is 35.2 Å². The molecule has 1 aromatic rings. The molecule has 0 spiro atoms. The standard InChI is InChI=1S/C14H22N2O5.ClH/c1-8(2)4-5-11(17)13(15)10-6-9(16(19)20)7-12(21-3)14(10)18;/h6-8,11,13,17-18H,4-5,15H2,1-3H3;1H/t11-,13+;/m0./s1. The average molecular weight is 335 g/mol. The topological polar surface area (TPSA) is 119 Å². The van der Waals surface area contributed by atoms with E-state index in [1.807, 2.05) is 13.8 Å². The summed E-state index contributed by atoms with van der Waals surface area (Å²) >= 11 is 0. The van der Waals surface area contributed by atoms with Crippen molar-refractivity contribution in [2.24, 2.45) is 11.7 Å². The zero-order valence-corrected chi connectivity index (χ0v) is 13.7. The molecule has 126 valence electrons. The molecular formula is C14H23ClN2O5. The third-order valence-electron chi connectivity index (χ3n) is 3.33. The fourth-order valence-corrected chi connectivity index (χ4v) is 2.02. The first-order valence-electron chi connectivity index (χ1n) is 6.76. The Morgan fingerprint density at radius 1 is 1.36 bits per heavy atom. The minimum atomic E-state index is -0.919. The molecule has 7 nitrogen and oxygen atoms in total. The first kappa shape index (κ1) is 20.4. The lowest BCUT2D eigenvalue weighted by Crippen LogP contribution is -2.26. The Bertz CT molecular complexity index is 510. The number of benzene rings is 1. The molecule has 0 aliphatic rings. The summed E-state index contributed by atoms with van der Waals surface area (Å²) in [7, 11) is 1.29. The molecule has 4 N–H and O–H groups in total. The predicted octanol–water partition coefficient (Wildman–Crippen LogP) is 2.53. The highest BCUT2D eigenvalue weighted by Crippen LogP contribution is 2.38. The number of nitrogens with two attached hydrogens (primary N) is 1. The molecule has 0 radical (unpaired) electrons. The third kappa shape index (κ3) is 5.01. The Morgan fingerprint density at radius 3 is 2.41 bits per heavy atom. The summed E-state index contributed by atoms with van der Waals surface area (Å²) in [6, 6.07) is 1.37. The van der Waals surface area contributed by atoms with E-state index < -0.39 is 17.1 Å². The maximum Gasteiger partial charge on any atom is 0.273 e. The number of rotatable bonds is 7. The van der Waals surface area contributed by atoms with Gasteiger partial charge in [0.15, 0.2) is 11.5 Å². The molecule has 0 bridgehead atoms. The van der Waals surface area contributed by atoms with Crippen molar-refractivity contribution >= 4 is 18.1 Å². The van der Waals surface area contributed by atoms with Crippen molar-refractivity contribution in [1.29, 1.82) is 0 Å². The molecule has 0 unspecified atom stereocenters. The zero-order chi connectivity index (χ0) is 16.2. The van der Waals surface area contributed by atoms with Crippen molar-refractivity contribution in [3.05, 3.63) is 27.8 Å². The molecule has 0 saturated heterocycles. The van der Waals surface area contributed by atoms with Gasteiger partial charge in [-0.25, -0.2) is 0 Å². The lowest BCUT2D eigenvalue weighted by Gasteiger charge is -2.21. The molecule has 1 aromatic carbocycles. The highest BCUT2D eigenvalue weighted by Gasteiger charge is 2.25. The number of ether oxygens (including phenoxy) is 1. The molecular weight excluding hydrogens is 312 g/mol. The van der Waals surface area contributed by atoms with E-state index in [1.54, 1.807) is 0 Å². The second-order valence-corrected chi connectivity index (χ2v) is 5.41. The van der Waals surface area contributed by atoms with Crippen LogP contribution in [0.2, 0.25) is 0 Å². The lowest BCUT2D eigenvalue weighted by atomic mass is 9.95. The van der Waals surface area contributed by atoms with Gasteiger partial charge >= 0.3 is 0 Å². The summed E-state index contributed by atoms with van der Waals surface area (Å²) < 4.78 is 4.91. The molecule has 0 amide bonds.